The van der Waals surface area contributed by atoms with Crippen molar-refractivity contribution >= 4 is 35.2 Å². The highest BCUT2D eigenvalue weighted by Gasteiger charge is 2.09. The Morgan fingerprint density at radius 2 is 1.84 bits per heavy atom. The van der Waals surface area contributed by atoms with E-state index in [1.165, 1.54) is 17.9 Å². The molecule has 0 atom stereocenters. The number of rotatable bonds is 9. The molecule has 2 aromatic rings. The zero-order valence-electron chi connectivity index (χ0n) is 14.0. The summed E-state index contributed by atoms with van der Waals surface area (Å²) in [4.78, 5) is 24.6. The SMILES string of the molecule is CC(=O)c1ccc(SCC(=O)NCCCSc2ccccc2)c(F)c1. The molecule has 3 nitrogen and oxygen atoms in total. The van der Waals surface area contributed by atoms with Gasteiger partial charge in [-0.3, -0.25) is 9.59 Å². The van der Waals surface area contributed by atoms with E-state index >= 15 is 0 Å². The van der Waals surface area contributed by atoms with Crippen LogP contribution >= 0.6 is 23.5 Å². The zero-order chi connectivity index (χ0) is 18.1. The van der Waals surface area contributed by atoms with Gasteiger partial charge in [0.1, 0.15) is 5.82 Å². The molecule has 0 bridgehead atoms. The van der Waals surface area contributed by atoms with Crippen LogP contribution in [-0.4, -0.2) is 29.7 Å². The highest BCUT2D eigenvalue weighted by molar-refractivity contribution is 8.00. The normalized spacial score (nSPS) is 10.5. The van der Waals surface area contributed by atoms with Crippen LogP contribution < -0.4 is 5.32 Å². The first-order chi connectivity index (χ1) is 12.1. The number of Topliss-reactive ketones (excluding diaryl/α,β-unsaturated/α-hetero) is 1. The minimum Gasteiger partial charge on any atom is -0.355 e. The van der Waals surface area contributed by atoms with Crippen molar-refractivity contribution in [3.63, 3.8) is 0 Å². The fourth-order valence-corrected chi connectivity index (χ4v) is 3.66. The number of benzene rings is 2. The summed E-state index contributed by atoms with van der Waals surface area (Å²) in [6, 6.07) is 14.4. The predicted octanol–water partition coefficient (Wildman–Crippen LogP) is 4.42. The predicted molar refractivity (Wildman–Crippen MR) is 102 cm³/mol. The molecule has 0 heterocycles. The third-order valence-corrected chi connectivity index (χ3v) is 5.50. The van der Waals surface area contributed by atoms with Crippen LogP contribution in [-0.2, 0) is 4.79 Å². The standard InChI is InChI=1S/C19H20FNO2S2/c1-14(22)15-8-9-18(17(20)12-15)25-13-19(23)21-10-5-11-24-16-6-3-2-4-7-16/h2-4,6-9,12H,5,10-11,13H2,1H3,(H,21,23). The van der Waals surface area contributed by atoms with Gasteiger partial charge in [-0.2, -0.15) is 0 Å². The van der Waals surface area contributed by atoms with E-state index in [4.69, 9.17) is 0 Å². The maximum atomic E-state index is 13.9. The van der Waals surface area contributed by atoms with Crippen molar-refractivity contribution in [1.82, 2.24) is 5.32 Å². The molecule has 0 spiro atoms. The number of nitrogens with one attached hydrogen (secondary N) is 1. The number of hydrogen-bond donors (Lipinski definition) is 1. The molecule has 0 unspecified atom stereocenters. The Bertz CT molecular complexity index is 723. The number of ketones is 1. The number of thioether (sulfide) groups is 2. The van der Waals surface area contributed by atoms with Crippen molar-refractivity contribution in [2.45, 2.75) is 23.1 Å². The minimum absolute atomic E-state index is 0.121. The van der Waals surface area contributed by atoms with Gasteiger partial charge < -0.3 is 5.32 Å². The summed E-state index contributed by atoms with van der Waals surface area (Å²) in [5.41, 5.74) is 0.335. The molecule has 0 saturated carbocycles. The average Bonchev–Trinajstić information content (AvgIpc) is 2.61. The Morgan fingerprint density at radius 1 is 1.08 bits per heavy atom. The smallest absolute Gasteiger partial charge is 0.230 e. The molecular formula is C19H20FNO2S2. The fraction of sp³-hybridized carbons (Fsp3) is 0.263. The van der Waals surface area contributed by atoms with Crippen molar-refractivity contribution in [1.29, 1.82) is 0 Å². The molecule has 6 heteroatoms. The van der Waals surface area contributed by atoms with Crippen molar-refractivity contribution in [3.8, 4) is 0 Å². The third kappa shape index (κ3) is 6.92. The largest absolute Gasteiger partial charge is 0.355 e. The minimum atomic E-state index is -0.468. The summed E-state index contributed by atoms with van der Waals surface area (Å²) in [5, 5.41) is 2.84. The third-order valence-electron chi connectivity index (χ3n) is 3.35. The van der Waals surface area contributed by atoms with E-state index < -0.39 is 5.82 Å². The molecule has 25 heavy (non-hydrogen) atoms. The Kier molecular flexibility index (Phi) is 8.01. The molecule has 1 N–H and O–H groups in total. The van der Waals surface area contributed by atoms with Gasteiger partial charge in [-0.25, -0.2) is 4.39 Å². The second-order valence-electron chi connectivity index (χ2n) is 5.36. The van der Waals surface area contributed by atoms with Crippen molar-refractivity contribution in [2.24, 2.45) is 0 Å². The topological polar surface area (TPSA) is 46.2 Å². The van der Waals surface area contributed by atoms with Crippen LogP contribution in [0.3, 0.4) is 0 Å². The second kappa shape index (κ2) is 10.3. The van der Waals surface area contributed by atoms with Gasteiger partial charge in [0.25, 0.3) is 0 Å². The molecule has 0 aliphatic carbocycles. The molecule has 0 fully saturated rings. The Hall–Kier alpha value is -1.79. The first-order valence-corrected chi connectivity index (χ1v) is 9.91. The van der Waals surface area contributed by atoms with Crippen molar-refractivity contribution in [3.05, 3.63) is 59.9 Å². The molecule has 2 rings (SSSR count). The van der Waals surface area contributed by atoms with E-state index in [-0.39, 0.29) is 17.4 Å². The summed E-state index contributed by atoms with van der Waals surface area (Å²) in [7, 11) is 0. The fourth-order valence-electron chi connectivity index (χ4n) is 2.04. The molecule has 0 radical (unpaired) electrons. The van der Waals surface area contributed by atoms with E-state index in [1.54, 1.807) is 23.9 Å². The van der Waals surface area contributed by atoms with Crippen LogP contribution in [0.5, 0.6) is 0 Å². The molecular weight excluding hydrogens is 357 g/mol. The monoisotopic (exact) mass is 377 g/mol. The Balaban J connectivity index is 1.65. The van der Waals surface area contributed by atoms with E-state index in [9.17, 15) is 14.0 Å². The van der Waals surface area contributed by atoms with Gasteiger partial charge >= 0.3 is 0 Å². The van der Waals surface area contributed by atoms with E-state index in [2.05, 4.69) is 17.4 Å². The molecule has 2 aromatic carbocycles. The van der Waals surface area contributed by atoms with Gasteiger partial charge in [0, 0.05) is 21.9 Å². The molecule has 0 aliphatic rings. The molecule has 0 aromatic heterocycles. The number of halogens is 1. The van der Waals surface area contributed by atoms with E-state index in [1.807, 2.05) is 18.2 Å². The van der Waals surface area contributed by atoms with Gasteiger partial charge in [0.15, 0.2) is 5.78 Å². The number of hydrogen-bond acceptors (Lipinski definition) is 4. The van der Waals surface area contributed by atoms with Gasteiger partial charge in [-0.05, 0) is 43.4 Å². The van der Waals surface area contributed by atoms with Gasteiger partial charge in [-0.15, -0.1) is 23.5 Å². The quantitative estimate of drug-likeness (QED) is 0.399. The number of carbonyl (C=O) groups excluding carboxylic acids is 2. The number of amides is 1. The maximum absolute atomic E-state index is 13.9. The Labute approximate surface area is 155 Å². The lowest BCUT2D eigenvalue weighted by Gasteiger charge is -2.07. The summed E-state index contributed by atoms with van der Waals surface area (Å²) in [5.74, 6) is 0.317. The summed E-state index contributed by atoms with van der Waals surface area (Å²) in [6.07, 6.45) is 0.873. The van der Waals surface area contributed by atoms with Gasteiger partial charge in [0.2, 0.25) is 5.91 Å². The average molecular weight is 378 g/mol. The van der Waals surface area contributed by atoms with Crippen molar-refractivity contribution in [2.75, 3.05) is 18.1 Å². The van der Waals surface area contributed by atoms with Gasteiger partial charge in [0.05, 0.1) is 5.75 Å². The summed E-state index contributed by atoms with van der Waals surface area (Å²) < 4.78 is 13.9. The Morgan fingerprint density at radius 3 is 2.52 bits per heavy atom. The summed E-state index contributed by atoms with van der Waals surface area (Å²) >= 11 is 2.89. The zero-order valence-corrected chi connectivity index (χ0v) is 15.6. The van der Waals surface area contributed by atoms with Crippen LogP contribution in [0.4, 0.5) is 4.39 Å². The molecule has 0 saturated heterocycles. The van der Waals surface area contributed by atoms with Crippen LogP contribution in [0.1, 0.15) is 23.7 Å². The highest BCUT2D eigenvalue weighted by atomic mass is 32.2. The van der Waals surface area contributed by atoms with E-state index in [0.29, 0.717) is 17.0 Å². The van der Waals surface area contributed by atoms with Crippen molar-refractivity contribution < 1.29 is 14.0 Å². The van der Waals surface area contributed by atoms with Crippen LogP contribution in [0.25, 0.3) is 0 Å². The lowest BCUT2D eigenvalue weighted by Crippen LogP contribution is -2.26. The maximum Gasteiger partial charge on any atom is 0.230 e. The number of carbonyl (C=O) groups is 2. The second-order valence-corrected chi connectivity index (χ2v) is 7.54. The van der Waals surface area contributed by atoms with Crippen LogP contribution in [0.15, 0.2) is 58.3 Å². The van der Waals surface area contributed by atoms with Gasteiger partial charge in [-0.1, -0.05) is 24.3 Å². The first-order valence-electron chi connectivity index (χ1n) is 7.94. The van der Waals surface area contributed by atoms with Crippen LogP contribution in [0, 0.1) is 5.82 Å². The highest BCUT2D eigenvalue weighted by Crippen LogP contribution is 2.22. The molecule has 0 aliphatic heterocycles. The molecule has 132 valence electrons. The summed E-state index contributed by atoms with van der Waals surface area (Å²) in [6.45, 7) is 2.00. The van der Waals surface area contributed by atoms with Crippen LogP contribution in [0.2, 0.25) is 0 Å². The lowest BCUT2D eigenvalue weighted by molar-refractivity contribution is -0.118. The van der Waals surface area contributed by atoms with E-state index in [0.717, 1.165) is 23.9 Å². The molecule has 1 amide bonds. The lowest BCUT2D eigenvalue weighted by atomic mass is 10.1. The first kappa shape index (κ1) is 19.5.